The van der Waals surface area contributed by atoms with E-state index in [1.165, 1.54) is 0 Å². The first-order chi connectivity index (χ1) is 8.15. The Morgan fingerprint density at radius 2 is 2.18 bits per heavy atom. The standard InChI is InChI=1S/C12H15BrN2O2/c13-8-5-9(14)7-10(6-8)17-11-3-1-2-4-15-12(11)16/h5-7,11H,1-4,14H2,(H,15,16). The van der Waals surface area contributed by atoms with Gasteiger partial charge in [-0.1, -0.05) is 15.9 Å². The number of nitrogens with one attached hydrogen (secondary N) is 1. The molecule has 1 amide bonds. The maximum atomic E-state index is 11.7. The van der Waals surface area contributed by atoms with Gasteiger partial charge in [-0.3, -0.25) is 4.79 Å². The molecule has 1 heterocycles. The Balaban J connectivity index is 2.10. The first-order valence-corrected chi connectivity index (χ1v) is 6.45. The fourth-order valence-corrected chi connectivity index (χ4v) is 2.33. The quantitative estimate of drug-likeness (QED) is 0.822. The maximum absolute atomic E-state index is 11.7. The van der Waals surface area contributed by atoms with Crippen LogP contribution in [0.15, 0.2) is 22.7 Å². The summed E-state index contributed by atoms with van der Waals surface area (Å²) in [6.45, 7) is 0.735. The molecule has 92 valence electrons. The molecule has 17 heavy (non-hydrogen) atoms. The minimum atomic E-state index is -0.411. The van der Waals surface area contributed by atoms with E-state index >= 15 is 0 Å². The molecule has 0 saturated carbocycles. The summed E-state index contributed by atoms with van der Waals surface area (Å²) in [5.74, 6) is 0.583. The number of anilines is 1. The Morgan fingerprint density at radius 1 is 1.35 bits per heavy atom. The summed E-state index contributed by atoms with van der Waals surface area (Å²) < 4.78 is 6.54. The second-order valence-corrected chi connectivity index (χ2v) is 5.03. The number of nitrogens with two attached hydrogens (primary N) is 1. The van der Waals surface area contributed by atoms with Gasteiger partial charge in [-0.05, 0) is 31.4 Å². The zero-order valence-electron chi connectivity index (χ0n) is 9.41. The van der Waals surface area contributed by atoms with Crippen molar-refractivity contribution in [1.29, 1.82) is 0 Å². The number of ether oxygens (including phenoxy) is 1. The number of amides is 1. The molecule has 2 rings (SSSR count). The molecule has 4 nitrogen and oxygen atoms in total. The molecule has 0 aliphatic carbocycles. The van der Waals surface area contributed by atoms with Crippen molar-refractivity contribution in [3.05, 3.63) is 22.7 Å². The van der Waals surface area contributed by atoms with Crippen molar-refractivity contribution in [2.45, 2.75) is 25.4 Å². The highest BCUT2D eigenvalue weighted by Gasteiger charge is 2.22. The minimum Gasteiger partial charge on any atom is -0.480 e. The molecule has 1 fully saturated rings. The van der Waals surface area contributed by atoms with Crippen LogP contribution >= 0.6 is 15.9 Å². The molecule has 1 aromatic rings. The van der Waals surface area contributed by atoms with Gasteiger partial charge in [0.15, 0.2) is 6.10 Å². The van der Waals surface area contributed by atoms with Gasteiger partial charge in [-0.15, -0.1) is 0 Å². The fourth-order valence-electron chi connectivity index (χ4n) is 1.84. The molecule has 1 aliphatic heterocycles. The molecular formula is C12H15BrN2O2. The Kier molecular flexibility index (Phi) is 3.89. The molecule has 0 bridgehead atoms. The Hall–Kier alpha value is -1.23. The third-order valence-electron chi connectivity index (χ3n) is 2.66. The van der Waals surface area contributed by atoms with E-state index < -0.39 is 6.10 Å². The van der Waals surface area contributed by atoms with Crippen LogP contribution in [0.1, 0.15) is 19.3 Å². The van der Waals surface area contributed by atoms with E-state index in [4.69, 9.17) is 10.5 Å². The van der Waals surface area contributed by atoms with E-state index in [9.17, 15) is 4.79 Å². The molecule has 1 aliphatic rings. The highest BCUT2D eigenvalue weighted by atomic mass is 79.9. The lowest BCUT2D eigenvalue weighted by atomic mass is 10.2. The van der Waals surface area contributed by atoms with Gasteiger partial charge >= 0.3 is 0 Å². The van der Waals surface area contributed by atoms with Crippen LogP contribution in [0.5, 0.6) is 5.75 Å². The molecular weight excluding hydrogens is 284 g/mol. The van der Waals surface area contributed by atoms with Gasteiger partial charge in [0.2, 0.25) is 0 Å². The second-order valence-electron chi connectivity index (χ2n) is 4.11. The molecule has 1 saturated heterocycles. The minimum absolute atomic E-state index is 0.0407. The normalized spacial score (nSPS) is 20.5. The molecule has 1 aromatic carbocycles. The fraction of sp³-hybridized carbons (Fsp3) is 0.417. The topological polar surface area (TPSA) is 64.3 Å². The van der Waals surface area contributed by atoms with Crippen LogP contribution in [-0.2, 0) is 4.79 Å². The number of hydrogen-bond acceptors (Lipinski definition) is 3. The van der Waals surface area contributed by atoms with E-state index in [0.29, 0.717) is 11.4 Å². The molecule has 5 heteroatoms. The van der Waals surface area contributed by atoms with Gasteiger partial charge in [-0.25, -0.2) is 0 Å². The van der Waals surface area contributed by atoms with Gasteiger partial charge < -0.3 is 15.8 Å². The van der Waals surface area contributed by atoms with Gasteiger partial charge in [0.25, 0.3) is 5.91 Å². The van der Waals surface area contributed by atoms with E-state index in [0.717, 1.165) is 30.3 Å². The van der Waals surface area contributed by atoms with E-state index in [1.807, 2.05) is 6.07 Å². The van der Waals surface area contributed by atoms with Gasteiger partial charge in [0, 0.05) is 22.8 Å². The van der Waals surface area contributed by atoms with Crippen LogP contribution in [-0.4, -0.2) is 18.6 Å². The number of rotatable bonds is 2. The van der Waals surface area contributed by atoms with Crippen molar-refractivity contribution >= 4 is 27.5 Å². The van der Waals surface area contributed by atoms with Crippen molar-refractivity contribution in [3.63, 3.8) is 0 Å². The summed E-state index contributed by atoms with van der Waals surface area (Å²) in [6, 6.07) is 5.33. The highest BCUT2D eigenvalue weighted by Crippen LogP contribution is 2.24. The van der Waals surface area contributed by atoms with Crippen LogP contribution in [0, 0.1) is 0 Å². The number of nitrogen functional groups attached to an aromatic ring is 1. The van der Waals surface area contributed by atoms with Crippen molar-refractivity contribution in [2.24, 2.45) is 0 Å². The molecule has 0 spiro atoms. The van der Waals surface area contributed by atoms with Crippen molar-refractivity contribution in [2.75, 3.05) is 12.3 Å². The van der Waals surface area contributed by atoms with Crippen molar-refractivity contribution in [1.82, 2.24) is 5.32 Å². The predicted octanol–water partition coefficient (Wildman–Crippen LogP) is 2.08. The summed E-state index contributed by atoms with van der Waals surface area (Å²) in [4.78, 5) is 11.7. The van der Waals surface area contributed by atoms with Crippen molar-refractivity contribution < 1.29 is 9.53 Å². The Bertz CT molecular complexity index is 403. The van der Waals surface area contributed by atoms with E-state index in [1.54, 1.807) is 12.1 Å². The molecule has 3 N–H and O–H groups in total. The molecule has 0 radical (unpaired) electrons. The lowest BCUT2D eigenvalue weighted by molar-refractivity contribution is -0.127. The number of halogens is 1. The zero-order valence-corrected chi connectivity index (χ0v) is 11.0. The van der Waals surface area contributed by atoms with Gasteiger partial charge in [0.05, 0.1) is 0 Å². The maximum Gasteiger partial charge on any atom is 0.261 e. The second kappa shape index (κ2) is 5.40. The van der Waals surface area contributed by atoms with Crippen LogP contribution in [0.2, 0.25) is 0 Å². The SMILES string of the molecule is Nc1cc(Br)cc(OC2CCCCNC2=O)c1. The third kappa shape index (κ3) is 3.36. The lowest BCUT2D eigenvalue weighted by Crippen LogP contribution is -2.36. The highest BCUT2D eigenvalue weighted by molar-refractivity contribution is 9.10. The summed E-state index contributed by atoms with van der Waals surface area (Å²) in [5, 5.41) is 2.84. The van der Waals surface area contributed by atoms with Gasteiger partial charge in [0.1, 0.15) is 5.75 Å². The van der Waals surface area contributed by atoms with E-state index in [-0.39, 0.29) is 5.91 Å². The lowest BCUT2D eigenvalue weighted by Gasteiger charge is -2.16. The number of carbonyl (C=O) groups excluding carboxylic acids is 1. The largest absolute Gasteiger partial charge is 0.480 e. The van der Waals surface area contributed by atoms with Crippen LogP contribution < -0.4 is 15.8 Å². The molecule has 0 aromatic heterocycles. The Morgan fingerprint density at radius 3 is 2.94 bits per heavy atom. The summed E-state index contributed by atoms with van der Waals surface area (Å²) in [5.41, 5.74) is 6.33. The van der Waals surface area contributed by atoms with E-state index in [2.05, 4.69) is 21.2 Å². The molecule has 1 unspecified atom stereocenters. The van der Waals surface area contributed by atoms with Crippen LogP contribution in [0.4, 0.5) is 5.69 Å². The molecule has 1 atom stereocenters. The van der Waals surface area contributed by atoms with Crippen LogP contribution in [0.25, 0.3) is 0 Å². The van der Waals surface area contributed by atoms with Crippen LogP contribution in [0.3, 0.4) is 0 Å². The zero-order chi connectivity index (χ0) is 12.3. The van der Waals surface area contributed by atoms with Gasteiger partial charge in [-0.2, -0.15) is 0 Å². The van der Waals surface area contributed by atoms with Crippen molar-refractivity contribution in [3.8, 4) is 5.75 Å². The summed E-state index contributed by atoms with van der Waals surface area (Å²) in [6.07, 6.45) is 2.34. The summed E-state index contributed by atoms with van der Waals surface area (Å²) in [7, 11) is 0. The third-order valence-corrected chi connectivity index (χ3v) is 3.11. The smallest absolute Gasteiger partial charge is 0.261 e. The first-order valence-electron chi connectivity index (χ1n) is 5.65. The number of hydrogen-bond donors (Lipinski definition) is 2. The number of carbonyl (C=O) groups is 1. The Labute approximate surface area is 109 Å². The first kappa shape index (κ1) is 12.2. The summed E-state index contributed by atoms with van der Waals surface area (Å²) >= 11 is 3.35. The number of benzene rings is 1. The monoisotopic (exact) mass is 298 g/mol. The average molecular weight is 299 g/mol. The average Bonchev–Trinajstić information content (AvgIpc) is 2.43. The predicted molar refractivity (Wildman–Crippen MR) is 69.8 cm³/mol.